The van der Waals surface area contributed by atoms with Crippen molar-refractivity contribution in [3.63, 3.8) is 0 Å². The zero-order valence-corrected chi connectivity index (χ0v) is 12.5. The van der Waals surface area contributed by atoms with Crippen LogP contribution in [0.2, 0.25) is 0 Å². The van der Waals surface area contributed by atoms with Crippen LogP contribution in [-0.2, 0) is 10.0 Å². The van der Waals surface area contributed by atoms with E-state index in [0.717, 1.165) is 4.90 Å². The number of sulfonamides is 1. The summed E-state index contributed by atoms with van der Waals surface area (Å²) in [6.45, 7) is 1.65. The van der Waals surface area contributed by atoms with Gasteiger partial charge in [-0.05, 0) is 30.7 Å². The van der Waals surface area contributed by atoms with Gasteiger partial charge in [-0.15, -0.1) is 11.8 Å². The molecule has 0 aliphatic rings. The molecule has 1 atom stereocenters. The molecule has 108 valence electrons. The number of anilines is 1. The third-order valence-electron chi connectivity index (χ3n) is 2.56. The first-order valence-corrected chi connectivity index (χ1v) is 8.70. The van der Waals surface area contributed by atoms with Crippen molar-refractivity contribution >= 4 is 27.5 Å². The van der Waals surface area contributed by atoms with E-state index in [1.807, 2.05) is 19.1 Å². The molecule has 0 aliphatic carbocycles. The Morgan fingerprint density at radius 1 is 1.37 bits per heavy atom. The summed E-state index contributed by atoms with van der Waals surface area (Å²) < 4.78 is 26.0. The highest BCUT2D eigenvalue weighted by atomic mass is 32.2. The van der Waals surface area contributed by atoms with Crippen molar-refractivity contribution in [2.24, 2.45) is 0 Å². The molecule has 0 aromatic heterocycles. The number of nitrogens with one attached hydrogen (secondary N) is 1. The van der Waals surface area contributed by atoms with Crippen LogP contribution in [0.15, 0.2) is 29.2 Å². The lowest BCUT2D eigenvalue weighted by Gasteiger charge is -2.14. The van der Waals surface area contributed by atoms with Crippen molar-refractivity contribution in [1.82, 2.24) is 4.72 Å². The van der Waals surface area contributed by atoms with Gasteiger partial charge in [0.25, 0.3) is 0 Å². The van der Waals surface area contributed by atoms with Gasteiger partial charge < -0.3 is 10.8 Å². The van der Waals surface area contributed by atoms with Crippen LogP contribution in [0.25, 0.3) is 0 Å². The van der Waals surface area contributed by atoms with Crippen LogP contribution in [-0.4, -0.2) is 37.7 Å². The summed E-state index contributed by atoms with van der Waals surface area (Å²) in [7, 11) is -3.34. The van der Waals surface area contributed by atoms with E-state index in [-0.39, 0.29) is 12.4 Å². The molecule has 1 aromatic rings. The first kappa shape index (κ1) is 16.3. The van der Waals surface area contributed by atoms with Crippen molar-refractivity contribution < 1.29 is 13.5 Å². The molecule has 1 aromatic carbocycles. The normalized spacial score (nSPS) is 13.4. The maximum Gasteiger partial charge on any atom is 0.212 e. The molecule has 1 rings (SSSR count). The van der Waals surface area contributed by atoms with Gasteiger partial charge in [0.05, 0.1) is 12.4 Å². The molecule has 4 N–H and O–H groups in total. The molecule has 0 amide bonds. The standard InChI is InChI=1S/C12H20N2O3S2/c1-2-11(9-15)14-19(16,17)8-7-18-12-5-3-10(13)4-6-12/h3-6,11,14-15H,2,7-9,13H2,1H3. The predicted molar refractivity (Wildman–Crippen MR) is 79.7 cm³/mol. The summed E-state index contributed by atoms with van der Waals surface area (Å²) in [6, 6.07) is 6.90. The molecule has 0 saturated heterocycles. The second-order valence-electron chi connectivity index (χ2n) is 4.14. The molecular weight excluding hydrogens is 284 g/mol. The summed E-state index contributed by atoms with van der Waals surface area (Å²) in [5.41, 5.74) is 6.26. The minimum atomic E-state index is -3.34. The molecule has 0 fully saturated rings. The smallest absolute Gasteiger partial charge is 0.212 e. The molecule has 0 heterocycles. The highest BCUT2D eigenvalue weighted by Gasteiger charge is 2.15. The molecule has 7 heteroatoms. The Hall–Kier alpha value is -0.760. The summed E-state index contributed by atoms with van der Waals surface area (Å²) >= 11 is 1.46. The Kier molecular flexibility index (Phi) is 6.64. The Labute approximate surface area is 118 Å². The Balaban J connectivity index is 2.41. The molecular formula is C12H20N2O3S2. The lowest BCUT2D eigenvalue weighted by atomic mass is 10.3. The van der Waals surface area contributed by atoms with E-state index >= 15 is 0 Å². The van der Waals surface area contributed by atoms with Gasteiger partial charge in [0.1, 0.15) is 0 Å². The van der Waals surface area contributed by atoms with Crippen molar-refractivity contribution in [1.29, 1.82) is 0 Å². The largest absolute Gasteiger partial charge is 0.399 e. The van der Waals surface area contributed by atoms with E-state index in [1.54, 1.807) is 12.1 Å². The maximum atomic E-state index is 11.7. The molecule has 0 saturated carbocycles. The third kappa shape index (κ3) is 6.29. The summed E-state index contributed by atoms with van der Waals surface area (Å²) in [5, 5.41) is 8.97. The SMILES string of the molecule is CCC(CO)NS(=O)(=O)CCSc1ccc(N)cc1. The highest BCUT2D eigenvalue weighted by Crippen LogP contribution is 2.19. The quantitative estimate of drug-likeness (QED) is 0.493. The molecule has 0 spiro atoms. The molecule has 0 bridgehead atoms. The lowest BCUT2D eigenvalue weighted by molar-refractivity contribution is 0.254. The Morgan fingerprint density at radius 3 is 2.53 bits per heavy atom. The van der Waals surface area contributed by atoms with E-state index in [2.05, 4.69) is 4.72 Å². The van der Waals surface area contributed by atoms with Gasteiger partial charge in [-0.3, -0.25) is 0 Å². The van der Waals surface area contributed by atoms with Gasteiger partial charge in [-0.2, -0.15) is 0 Å². The van der Waals surface area contributed by atoms with Crippen molar-refractivity contribution in [3.8, 4) is 0 Å². The number of hydrogen-bond donors (Lipinski definition) is 3. The van der Waals surface area contributed by atoms with Gasteiger partial charge in [0.15, 0.2) is 0 Å². The maximum absolute atomic E-state index is 11.7. The predicted octanol–water partition coefficient (Wildman–Crippen LogP) is 1.05. The van der Waals surface area contributed by atoms with Crippen molar-refractivity contribution in [2.75, 3.05) is 23.8 Å². The highest BCUT2D eigenvalue weighted by molar-refractivity contribution is 8.00. The van der Waals surface area contributed by atoms with Crippen molar-refractivity contribution in [3.05, 3.63) is 24.3 Å². The van der Waals surface area contributed by atoms with Crippen LogP contribution in [0.1, 0.15) is 13.3 Å². The van der Waals surface area contributed by atoms with Crippen LogP contribution in [0.3, 0.4) is 0 Å². The topological polar surface area (TPSA) is 92.4 Å². The number of rotatable bonds is 8. The number of benzene rings is 1. The van der Waals surface area contributed by atoms with Gasteiger partial charge in [-0.25, -0.2) is 13.1 Å². The number of aliphatic hydroxyl groups is 1. The van der Waals surface area contributed by atoms with E-state index in [1.165, 1.54) is 11.8 Å². The summed E-state index contributed by atoms with van der Waals surface area (Å²) in [6.07, 6.45) is 0.570. The molecule has 0 aliphatic heterocycles. The molecule has 5 nitrogen and oxygen atoms in total. The second-order valence-corrected chi connectivity index (χ2v) is 7.18. The second kappa shape index (κ2) is 7.74. The van der Waals surface area contributed by atoms with E-state index in [9.17, 15) is 8.42 Å². The minimum Gasteiger partial charge on any atom is -0.399 e. The van der Waals surface area contributed by atoms with Gasteiger partial charge >= 0.3 is 0 Å². The summed E-state index contributed by atoms with van der Waals surface area (Å²) in [4.78, 5) is 0.985. The van der Waals surface area contributed by atoms with Crippen LogP contribution < -0.4 is 10.5 Å². The molecule has 0 radical (unpaired) electrons. The van der Waals surface area contributed by atoms with Crippen LogP contribution in [0, 0.1) is 0 Å². The van der Waals surface area contributed by atoms with Crippen LogP contribution >= 0.6 is 11.8 Å². The fourth-order valence-electron chi connectivity index (χ4n) is 1.40. The number of hydrogen-bond acceptors (Lipinski definition) is 5. The molecule has 1 unspecified atom stereocenters. The fourth-order valence-corrected chi connectivity index (χ4v) is 4.04. The van der Waals surface area contributed by atoms with E-state index < -0.39 is 16.1 Å². The summed E-state index contributed by atoms with van der Waals surface area (Å²) in [5.74, 6) is 0.486. The first-order valence-electron chi connectivity index (χ1n) is 6.06. The van der Waals surface area contributed by atoms with E-state index in [0.29, 0.717) is 17.9 Å². The lowest BCUT2D eigenvalue weighted by Crippen LogP contribution is -2.38. The Bertz CT molecular complexity index is 470. The van der Waals surface area contributed by atoms with Gasteiger partial charge in [0.2, 0.25) is 10.0 Å². The Morgan fingerprint density at radius 2 is 2.00 bits per heavy atom. The first-order chi connectivity index (χ1) is 8.96. The molecule has 19 heavy (non-hydrogen) atoms. The van der Waals surface area contributed by atoms with Crippen LogP contribution in [0.5, 0.6) is 0 Å². The third-order valence-corrected chi connectivity index (χ3v) is 5.27. The monoisotopic (exact) mass is 304 g/mol. The average molecular weight is 304 g/mol. The number of nitrogens with two attached hydrogens (primary N) is 1. The number of nitrogen functional groups attached to an aromatic ring is 1. The number of aliphatic hydroxyl groups excluding tert-OH is 1. The van der Waals surface area contributed by atoms with Crippen LogP contribution in [0.4, 0.5) is 5.69 Å². The van der Waals surface area contributed by atoms with Gasteiger partial charge in [0, 0.05) is 22.4 Å². The fraction of sp³-hybridized carbons (Fsp3) is 0.500. The van der Waals surface area contributed by atoms with Crippen molar-refractivity contribution in [2.45, 2.75) is 24.3 Å². The average Bonchev–Trinajstić information content (AvgIpc) is 2.38. The zero-order chi connectivity index (χ0) is 14.3. The minimum absolute atomic E-state index is 0.0263. The number of thioether (sulfide) groups is 1. The van der Waals surface area contributed by atoms with E-state index in [4.69, 9.17) is 10.8 Å². The van der Waals surface area contributed by atoms with Gasteiger partial charge in [-0.1, -0.05) is 6.92 Å². The zero-order valence-electron chi connectivity index (χ0n) is 10.9.